The molecular weight excluding hydrogens is 192 g/mol. The summed E-state index contributed by atoms with van der Waals surface area (Å²) in [6.45, 7) is 2.91. The topological polar surface area (TPSA) is 80.9 Å². The molecule has 3 N–H and O–H groups in total. The second-order valence-electron chi connectivity index (χ2n) is 4.03. The first-order valence-electron chi connectivity index (χ1n) is 5.04. The minimum Gasteiger partial charge on any atom is -0.382 e. The highest BCUT2D eigenvalue weighted by Crippen LogP contribution is 2.36. The molecule has 0 radical (unpaired) electrons. The van der Waals surface area contributed by atoms with Crippen LogP contribution in [0.15, 0.2) is 12.1 Å². The highest BCUT2D eigenvalue weighted by atomic mass is 16.1. The van der Waals surface area contributed by atoms with Crippen molar-refractivity contribution >= 4 is 11.7 Å². The zero-order valence-electron chi connectivity index (χ0n) is 8.60. The minimum atomic E-state index is -0.179. The molecule has 0 spiro atoms. The van der Waals surface area contributed by atoms with E-state index in [4.69, 9.17) is 5.73 Å². The number of anilines is 1. The summed E-state index contributed by atoms with van der Waals surface area (Å²) in [6.07, 6.45) is 1.20. The lowest BCUT2D eigenvalue weighted by Crippen LogP contribution is -2.27. The van der Waals surface area contributed by atoms with Gasteiger partial charge in [-0.25, -0.2) is 0 Å². The molecule has 1 aliphatic carbocycles. The van der Waals surface area contributed by atoms with E-state index in [1.165, 1.54) is 6.42 Å². The lowest BCUT2D eigenvalue weighted by atomic mass is 10.3. The number of nitrogens with two attached hydrogens (primary N) is 1. The van der Waals surface area contributed by atoms with Crippen molar-refractivity contribution in [2.24, 2.45) is 11.8 Å². The highest BCUT2D eigenvalue weighted by molar-refractivity contribution is 5.92. The molecule has 1 heterocycles. The molecule has 1 aromatic heterocycles. The van der Waals surface area contributed by atoms with E-state index in [0.717, 1.165) is 12.5 Å². The van der Waals surface area contributed by atoms with Gasteiger partial charge in [-0.15, -0.1) is 10.2 Å². The molecule has 1 saturated carbocycles. The second kappa shape index (κ2) is 3.84. The summed E-state index contributed by atoms with van der Waals surface area (Å²) in [7, 11) is 0. The van der Waals surface area contributed by atoms with E-state index in [2.05, 4.69) is 22.4 Å². The summed E-state index contributed by atoms with van der Waals surface area (Å²) in [5.74, 6) is 1.52. The fourth-order valence-corrected chi connectivity index (χ4v) is 1.46. The molecule has 1 aromatic rings. The fraction of sp³-hybridized carbons (Fsp3) is 0.500. The van der Waals surface area contributed by atoms with E-state index in [1.54, 1.807) is 12.1 Å². The maximum Gasteiger partial charge on any atom is 0.271 e. The van der Waals surface area contributed by atoms with Crippen molar-refractivity contribution in [3.8, 4) is 0 Å². The lowest BCUT2D eigenvalue weighted by Gasteiger charge is -2.02. The molecule has 1 fully saturated rings. The third kappa shape index (κ3) is 2.43. The zero-order valence-corrected chi connectivity index (χ0v) is 8.60. The molecule has 1 amide bonds. The number of hydrogen-bond donors (Lipinski definition) is 2. The van der Waals surface area contributed by atoms with Crippen LogP contribution in [-0.2, 0) is 0 Å². The Morgan fingerprint density at radius 3 is 2.87 bits per heavy atom. The molecule has 15 heavy (non-hydrogen) atoms. The van der Waals surface area contributed by atoms with Gasteiger partial charge in [0.15, 0.2) is 5.69 Å². The lowest BCUT2D eigenvalue weighted by molar-refractivity contribution is 0.0945. The number of nitrogen functional groups attached to an aromatic ring is 1. The summed E-state index contributed by atoms with van der Waals surface area (Å²) >= 11 is 0. The maximum absolute atomic E-state index is 11.5. The van der Waals surface area contributed by atoms with Crippen molar-refractivity contribution in [3.63, 3.8) is 0 Å². The first-order valence-corrected chi connectivity index (χ1v) is 5.04. The SMILES string of the molecule is CC1CC1CNC(=O)c1ccc(N)nn1. The van der Waals surface area contributed by atoms with Crippen molar-refractivity contribution in [1.82, 2.24) is 15.5 Å². The normalized spacial score (nSPS) is 23.5. The van der Waals surface area contributed by atoms with Gasteiger partial charge in [-0.2, -0.15) is 0 Å². The summed E-state index contributed by atoms with van der Waals surface area (Å²) in [5.41, 5.74) is 5.69. The Morgan fingerprint density at radius 2 is 2.33 bits per heavy atom. The van der Waals surface area contributed by atoms with Crippen LogP contribution in [0.25, 0.3) is 0 Å². The Hall–Kier alpha value is -1.65. The van der Waals surface area contributed by atoms with E-state index in [0.29, 0.717) is 17.4 Å². The van der Waals surface area contributed by atoms with E-state index < -0.39 is 0 Å². The molecule has 5 nitrogen and oxygen atoms in total. The van der Waals surface area contributed by atoms with Crippen molar-refractivity contribution in [2.45, 2.75) is 13.3 Å². The minimum absolute atomic E-state index is 0.179. The zero-order chi connectivity index (χ0) is 10.8. The predicted molar refractivity (Wildman–Crippen MR) is 56.0 cm³/mol. The molecule has 5 heteroatoms. The molecule has 0 saturated heterocycles. The van der Waals surface area contributed by atoms with Gasteiger partial charge in [0, 0.05) is 6.54 Å². The number of nitrogens with one attached hydrogen (secondary N) is 1. The largest absolute Gasteiger partial charge is 0.382 e. The maximum atomic E-state index is 11.5. The molecule has 2 atom stereocenters. The average molecular weight is 206 g/mol. The third-order valence-electron chi connectivity index (χ3n) is 2.72. The molecule has 0 bridgehead atoms. The Kier molecular flexibility index (Phi) is 2.53. The van der Waals surface area contributed by atoms with Crippen LogP contribution in [0.2, 0.25) is 0 Å². The van der Waals surface area contributed by atoms with Gasteiger partial charge < -0.3 is 11.1 Å². The fourth-order valence-electron chi connectivity index (χ4n) is 1.46. The molecule has 0 aromatic carbocycles. The molecule has 0 aliphatic heterocycles. The van der Waals surface area contributed by atoms with Gasteiger partial charge in [-0.3, -0.25) is 4.79 Å². The number of nitrogens with zero attached hydrogens (tertiary/aromatic N) is 2. The number of rotatable bonds is 3. The van der Waals surface area contributed by atoms with E-state index in [1.807, 2.05) is 0 Å². The smallest absolute Gasteiger partial charge is 0.271 e. The van der Waals surface area contributed by atoms with Gasteiger partial charge >= 0.3 is 0 Å². The first-order chi connectivity index (χ1) is 7.16. The number of aromatic nitrogens is 2. The van der Waals surface area contributed by atoms with Crippen LogP contribution >= 0.6 is 0 Å². The van der Waals surface area contributed by atoms with Gasteiger partial charge in [-0.1, -0.05) is 6.92 Å². The Labute approximate surface area is 88.1 Å². The predicted octanol–water partition coefficient (Wildman–Crippen LogP) is 0.445. The molecule has 1 aliphatic rings. The van der Waals surface area contributed by atoms with Crippen LogP contribution in [0, 0.1) is 11.8 Å². The number of carbonyl (C=O) groups excluding carboxylic acids is 1. The van der Waals surface area contributed by atoms with Crippen LogP contribution in [0.4, 0.5) is 5.82 Å². The van der Waals surface area contributed by atoms with Crippen LogP contribution in [0.5, 0.6) is 0 Å². The van der Waals surface area contributed by atoms with Crippen molar-refractivity contribution < 1.29 is 4.79 Å². The van der Waals surface area contributed by atoms with Crippen LogP contribution in [0.1, 0.15) is 23.8 Å². The van der Waals surface area contributed by atoms with Gasteiger partial charge in [0.25, 0.3) is 5.91 Å². The van der Waals surface area contributed by atoms with Gasteiger partial charge in [-0.05, 0) is 30.4 Å². The van der Waals surface area contributed by atoms with Gasteiger partial charge in [0.05, 0.1) is 0 Å². The molecule has 2 unspecified atom stereocenters. The summed E-state index contributed by atoms with van der Waals surface area (Å²) in [6, 6.07) is 3.15. The van der Waals surface area contributed by atoms with Gasteiger partial charge in [0.2, 0.25) is 0 Å². The number of hydrogen-bond acceptors (Lipinski definition) is 4. The van der Waals surface area contributed by atoms with E-state index in [9.17, 15) is 4.79 Å². The average Bonchev–Trinajstić information content (AvgIpc) is 2.92. The first kappa shape index (κ1) is 9.89. The molecule has 2 rings (SSSR count). The van der Waals surface area contributed by atoms with E-state index in [-0.39, 0.29) is 5.91 Å². The van der Waals surface area contributed by atoms with Crippen LogP contribution in [-0.4, -0.2) is 22.6 Å². The monoisotopic (exact) mass is 206 g/mol. The summed E-state index contributed by atoms with van der Waals surface area (Å²) < 4.78 is 0. The summed E-state index contributed by atoms with van der Waals surface area (Å²) in [4.78, 5) is 11.5. The molecular formula is C10H14N4O. The molecule has 80 valence electrons. The highest BCUT2D eigenvalue weighted by Gasteiger charge is 2.32. The Bertz CT molecular complexity index is 362. The van der Waals surface area contributed by atoms with Crippen LogP contribution in [0.3, 0.4) is 0 Å². The Morgan fingerprint density at radius 1 is 1.60 bits per heavy atom. The van der Waals surface area contributed by atoms with E-state index >= 15 is 0 Å². The van der Waals surface area contributed by atoms with Crippen molar-refractivity contribution in [2.75, 3.05) is 12.3 Å². The Balaban J connectivity index is 1.87. The number of carbonyl (C=O) groups is 1. The third-order valence-corrected chi connectivity index (χ3v) is 2.72. The van der Waals surface area contributed by atoms with Gasteiger partial charge in [0.1, 0.15) is 5.82 Å². The quantitative estimate of drug-likeness (QED) is 0.752. The summed E-state index contributed by atoms with van der Waals surface area (Å²) in [5, 5.41) is 10.2. The standard InChI is InChI=1S/C10H14N4O/c1-6-4-7(6)5-12-10(15)8-2-3-9(11)14-13-8/h2-3,6-7H,4-5H2,1H3,(H2,11,14)(H,12,15). The van der Waals surface area contributed by atoms with Crippen molar-refractivity contribution in [1.29, 1.82) is 0 Å². The van der Waals surface area contributed by atoms with Crippen LogP contribution < -0.4 is 11.1 Å². The second-order valence-corrected chi connectivity index (χ2v) is 4.03. The van der Waals surface area contributed by atoms with Crippen molar-refractivity contribution in [3.05, 3.63) is 17.8 Å². The number of amides is 1.